The van der Waals surface area contributed by atoms with Crippen LogP contribution in [0.3, 0.4) is 0 Å². The van der Waals surface area contributed by atoms with Crippen LogP contribution in [-0.2, 0) is 62.6 Å². The Kier molecular flexibility index (Phi) is 20.7. The first-order chi connectivity index (χ1) is 32.3. The van der Waals surface area contributed by atoms with Gasteiger partial charge in [0.15, 0.2) is 17.3 Å². The largest absolute Gasteiger partial charge is 3.00 e. The SMILES string of the molecule is CC(=O)NCC(=O)C(=O)[O-].CC(=O)NCC(=O)C(=O)[O-].CC(=O)NCC(=O)C(=O)[O-].Cc1cnc2c3ccccc3c3ccccc3c2n1.Cc1cnc2c3ccccc3c3ccccc3c2n1.[Ru+3]. The molecule has 6 aromatic carbocycles. The van der Waals surface area contributed by atoms with E-state index < -0.39 is 72.6 Å². The first-order valence-electron chi connectivity index (χ1n) is 20.3. The Hall–Kier alpha value is -8.51. The Morgan fingerprint density at radius 1 is 0.391 bits per heavy atom. The average Bonchev–Trinajstić information content (AvgIpc) is 3.32. The molecule has 0 saturated carbocycles. The second kappa shape index (κ2) is 26.0. The fourth-order valence-corrected chi connectivity index (χ4v) is 6.25. The molecule has 0 fully saturated rings. The van der Waals surface area contributed by atoms with Crippen LogP contribution in [0.1, 0.15) is 32.2 Å². The summed E-state index contributed by atoms with van der Waals surface area (Å²) in [6, 6.07) is 33.6. The first-order valence-corrected chi connectivity index (χ1v) is 20.3. The van der Waals surface area contributed by atoms with E-state index in [9.17, 15) is 58.5 Å². The topological polar surface area (TPSA) is 310 Å². The van der Waals surface area contributed by atoms with Crippen molar-refractivity contribution in [2.24, 2.45) is 0 Å². The molecule has 2 heterocycles. The zero-order valence-electron chi connectivity index (χ0n) is 37.6. The normalized spacial score (nSPS) is 9.99. The molecule has 0 bridgehead atoms. The summed E-state index contributed by atoms with van der Waals surface area (Å²) in [4.78, 5) is 108. The van der Waals surface area contributed by atoms with E-state index in [-0.39, 0.29) is 19.5 Å². The fourth-order valence-electron chi connectivity index (χ4n) is 6.25. The van der Waals surface area contributed by atoms with E-state index in [0.29, 0.717) is 0 Å². The van der Waals surface area contributed by atoms with Gasteiger partial charge in [0.25, 0.3) is 0 Å². The van der Waals surface area contributed by atoms with E-state index in [2.05, 4.69) is 107 Å². The molecule has 8 rings (SSSR count). The van der Waals surface area contributed by atoms with Crippen LogP contribution in [-0.4, -0.2) is 92.5 Å². The summed E-state index contributed by atoms with van der Waals surface area (Å²) in [5.74, 6) is -10.1. The summed E-state index contributed by atoms with van der Waals surface area (Å²) < 4.78 is 0. The van der Waals surface area contributed by atoms with Crippen molar-refractivity contribution in [3.63, 3.8) is 0 Å². The van der Waals surface area contributed by atoms with Gasteiger partial charge in [0, 0.05) is 54.7 Å². The number of benzene rings is 6. The van der Waals surface area contributed by atoms with Crippen LogP contribution in [0.15, 0.2) is 109 Å². The van der Waals surface area contributed by atoms with Crippen molar-refractivity contribution < 1.29 is 77.9 Å². The molecule has 0 spiro atoms. The number of carbonyl (C=O) groups excluding carboxylic acids is 9. The Balaban J connectivity index is 0.000000237. The van der Waals surface area contributed by atoms with Crippen LogP contribution in [0.4, 0.5) is 0 Å². The summed E-state index contributed by atoms with van der Waals surface area (Å²) in [5.41, 5.74) is 5.87. The van der Waals surface area contributed by atoms with E-state index in [1.807, 2.05) is 42.2 Å². The number of amides is 3. The number of Topliss-reactive ketones (excluding diaryl/α,β-unsaturated/α-hetero) is 3. The number of ketones is 3. The predicted octanol–water partition coefficient (Wildman–Crippen LogP) is 0.811. The fraction of sp³-hybridized carbons (Fsp3) is 0.163. The molecule has 2 aromatic heterocycles. The van der Waals surface area contributed by atoms with Gasteiger partial charge in [-0.25, -0.2) is 9.97 Å². The number of carboxylic acid groups (broad SMARTS) is 3. The minimum Gasteiger partial charge on any atom is -0.542 e. The number of carbonyl (C=O) groups is 9. The number of aliphatic carboxylic acids is 3. The van der Waals surface area contributed by atoms with E-state index in [1.54, 1.807) is 0 Å². The molecule has 3 N–H and O–H groups in total. The van der Waals surface area contributed by atoms with Crippen molar-refractivity contribution in [2.45, 2.75) is 34.6 Å². The summed E-state index contributed by atoms with van der Waals surface area (Å²) in [6.45, 7) is 6.01. The van der Waals surface area contributed by atoms with Crippen molar-refractivity contribution in [3.8, 4) is 0 Å². The van der Waals surface area contributed by atoms with Crippen molar-refractivity contribution in [3.05, 3.63) is 121 Å². The standard InChI is InChI=1S/2C17H12N2.3C5H7NO4.Ru/c2*1-11-10-18-16-14-8-4-2-6-12(14)13-7-3-5-9-15(13)17(16)19-11;3*1-3(7)6-2-4(8)5(9)10;/h2*2-10H,1H3;3*2H2,1H3,(H,6,7)(H,9,10);/q;;;;;+3/p-3. The van der Waals surface area contributed by atoms with Gasteiger partial charge < -0.3 is 45.7 Å². The molecular formula is C49H42N7O12Ru. The summed E-state index contributed by atoms with van der Waals surface area (Å²) in [6.07, 6.45) is 3.67. The van der Waals surface area contributed by atoms with Crippen LogP contribution in [0, 0.1) is 13.8 Å². The molecule has 0 saturated heterocycles. The van der Waals surface area contributed by atoms with Gasteiger partial charge in [-0.1, -0.05) is 97.1 Å². The van der Waals surface area contributed by atoms with E-state index in [1.165, 1.54) is 63.9 Å². The molecule has 19 nitrogen and oxygen atoms in total. The molecule has 69 heavy (non-hydrogen) atoms. The average molecular weight is 1020 g/mol. The Bertz CT molecular complexity index is 2950. The number of hydrogen-bond donors (Lipinski definition) is 3. The van der Waals surface area contributed by atoms with Gasteiger partial charge in [-0.05, 0) is 35.4 Å². The maximum atomic E-state index is 10.2. The van der Waals surface area contributed by atoms with Gasteiger partial charge in [0.05, 0.1) is 53.1 Å². The van der Waals surface area contributed by atoms with E-state index in [0.717, 1.165) is 33.5 Å². The van der Waals surface area contributed by atoms with Gasteiger partial charge in [-0.15, -0.1) is 0 Å². The molecule has 1 radical (unpaired) electrons. The van der Waals surface area contributed by atoms with Crippen LogP contribution < -0.4 is 31.3 Å². The third-order valence-electron chi connectivity index (χ3n) is 9.27. The van der Waals surface area contributed by atoms with Crippen molar-refractivity contribution >= 4 is 118 Å². The monoisotopic (exact) mass is 1020 g/mol. The summed E-state index contributed by atoms with van der Waals surface area (Å²) in [7, 11) is 0. The Morgan fingerprint density at radius 2 is 0.609 bits per heavy atom. The van der Waals surface area contributed by atoms with Gasteiger partial charge in [0.2, 0.25) is 17.7 Å². The molecule has 353 valence electrons. The molecule has 0 unspecified atom stereocenters. The molecule has 0 aliphatic carbocycles. The van der Waals surface area contributed by atoms with Gasteiger partial charge in [0.1, 0.15) is 17.9 Å². The van der Waals surface area contributed by atoms with Crippen molar-refractivity contribution in [1.29, 1.82) is 0 Å². The van der Waals surface area contributed by atoms with Crippen molar-refractivity contribution in [1.82, 2.24) is 35.9 Å². The number of aryl methyl sites for hydroxylation is 2. The van der Waals surface area contributed by atoms with Crippen LogP contribution in [0.5, 0.6) is 0 Å². The first kappa shape index (κ1) is 54.8. The van der Waals surface area contributed by atoms with Crippen LogP contribution >= 0.6 is 0 Å². The Labute approximate surface area is 405 Å². The minimum absolute atomic E-state index is 0. The maximum Gasteiger partial charge on any atom is 3.00 e. The third kappa shape index (κ3) is 15.5. The zero-order valence-corrected chi connectivity index (χ0v) is 39.3. The van der Waals surface area contributed by atoms with E-state index >= 15 is 0 Å². The molecule has 0 aliphatic rings. The zero-order chi connectivity index (χ0) is 50.1. The second-order valence-electron chi connectivity index (χ2n) is 14.5. The molecule has 8 aromatic rings. The maximum absolute atomic E-state index is 10.2. The molecule has 3 amide bonds. The van der Waals surface area contributed by atoms with Crippen molar-refractivity contribution in [2.75, 3.05) is 19.6 Å². The molecular weight excluding hydrogens is 980 g/mol. The van der Waals surface area contributed by atoms with Crippen LogP contribution in [0.25, 0.3) is 65.2 Å². The number of nitrogens with zero attached hydrogens (tertiary/aromatic N) is 4. The third-order valence-corrected chi connectivity index (χ3v) is 9.27. The molecule has 0 atom stereocenters. The van der Waals surface area contributed by atoms with Gasteiger partial charge >= 0.3 is 19.5 Å². The van der Waals surface area contributed by atoms with Crippen LogP contribution in [0.2, 0.25) is 0 Å². The number of fused-ring (bicyclic) bond motifs is 12. The van der Waals surface area contributed by atoms with Gasteiger partial charge in [-0.3, -0.25) is 38.7 Å². The van der Waals surface area contributed by atoms with Gasteiger partial charge in [-0.2, -0.15) is 0 Å². The number of hydrogen-bond acceptors (Lipinski definition) is 16. The molecule has 0 aliphatic heterocycles. The number of carboxylic acids is 3. The number of rotatable bonds is 9. The summed E-state index contributed by atoms with van der Waals surface area (Å²) >= 11 is 0. The minimum atomic E-state index is -1.78. The quantitative estimate of drug-likeness (QED) is 0.102. The molecule has 20 heteroatoms. The second-order valence-corrected chi connectivity index (χ2v) is 14.5. The number of nitrogens with one attached hydrogen (secondary N) is 3. The predicted molar refractivity (Wildman–Crippen MR) is 245 cm³/mol. The number of aromatic nitrogens is 4. The summed E-state index contributed by atoms with van der Waals surface area (Å²) in [5, 5.41) is 44.8. The Morgan fingerprint density at radius 3 is 0.826 bits per heavy atom. The van der Waals surface area contributed by atoms with E-state index in [4.69, 9.17) is 9.97 Å². The smallest absolute Gasteiger partial charge is 0.542 e.